The van der Waals surface area contributed by atoms with Crippen molar-refractivity contribution in [1.29, 1.82) is 0 Å². The molecule has 0 saturated carbocycles. The van der Waals surface area contributed by atoms with E-state index < -0.39 is 0 Å². The average Bonchev–Trinajstić information content (AvgIpc) is 2.32. The van der Waals surface area contributed by atoms with Gasteiger partial charge in [0.15, 0.2) is 5.78 Å². The van der Waals surface area contributed by atoms with Gasteiger partial charge in [-0.3, -0.25) is 4.79 Å². The van der Waals surface area contributed by atoms with Crippen LogP contribution in [0.3, 0.4) is 0 Å². The van der Waals surface area contributed by atoms with Crippen LogP contribution in [0.25, 0.3) is 0 Å². The molecule has 2 rings (SSSR count). The van der Waals surface area contributed by atoms with E-state index in [9.17, 15) is 4.79 Å². The average molecular weight is 250 g/mol. The van der Waals surface area contributed by atoms with Gasteiger partial charge in [-0.15, -0.1) is 12.4 Å². The lowest BCUT2D eigenvalue weighted by Crippen LogP contribution is -1.88. The van der Waals surface area contributed by atoms with Crippen molar-refractivity contribution in [3.8, 4) is 0 Å². The number of hydrogen-bond donors (Lipinski definition) is 1. The van der Waals surface area contributed by atoms with Gasteiger partial charge in [-0.05, 0) is 19.1 Å². The molecule has 0 aromatic heterocycles. The fourth-order valence-corrected chi connectivity index (χ4v) is 1.13. The second kappa shape index (κ2) is 8.36. The zero-order valence-corrected chi connectivity index (χ0v) is 10.5. The van der Waals surface area contributed by atoms with Gasteiger partial charge in [0.05, 0.1) is 0 Å². The second-order valence-electron chi connectivity index (χ2n) is 3.33. The lowest BCUT2D eigenvalue weighted by atomic mass is 10.2. The summed E-state index contributed by atoms with van der Waals surface area (Å²) in [6.07, 6.45) is 0. The standard InChI is InChI=1S/C8H8O.C6H7N.ClH/c1-7(9)8-5-3-2-4-6-8;7-6-4-2-1-3-5-6;/h2-6H,1H3;1-5H,7H2;1H. The highest BCUT2D eigenvalue weighted by Gasteiger charge is 1.92. The first kappa shape index (κ1) is 15.2. The minimum Gasteiger partial charge on any atom is -0.399 e. The molecule has 0 aliphatic carbocycles. The van der Waals surface area contributed by atoms with Crippen LogP contribution >= 0.6 is 12.4 Å². The van der Waals surface area contributed by atoms with Gasteiger partial charge in [0.25, 0.3) is 0 Å². The maximum Gasteiger partial charge on any atom is 0.159 e. The number of halogens is 1. The topological polar surface area (TPSA) is 43.1 Å². The molecule has 0 bridgehead atoms. The molecule has 2 N–H and O–H groups in total. The molecule has 0 saturated heterocycles. The van der Waals surface area contributed by atoms with Crippen LogP contribution in [0.2, 0.25) is 0 Å². The number of ketones is 1. The Kier molecular flexibility index (Phi) is 7.48. The third kappa shape index (κ3) is 6.38. The van der Waals surface area contributed by atoms with Gasteiger partial charge in [0.1, 0.15) is 0 Å². The highest BCUT2D eigenvalue weighted by atomic mass is 35.5. The Morgan fingerprint density at radius 1 is 0.882 bits per heavy atom. The Hall–Kier alpha value is -1.80. The van der Waals surface area contributed by atoms with Crippen molar-refractivity contribution < 1.29 is 4.79 Å². The van der Waals surface area contributed by atoms with Crippen LogP contribution in [0.1, 0.15) is 17.3 Å². The van der Waals surface area contributed by atoms with Gasteiger partial charge in [-0.25, -0.2) is 0 Å². The number of Topliss-reactive ketones (excluding diaryl/α,β-unsaturated/α-hetero) is 1. The Morgan fingerprint density at radius 2 is 1.29 bits per heavy atom. The van der Waals surface area contributed by atoms with Crippen LogP contribution in [0.5, 0.6) is 0 Å². The van der Waals surface area contributed by atoms with Crippen LogP contribution < -0.4 is 5.73 Å². The summed E-state index contributed by atoms with van der Waals surface area (Å²) >= 11 is 0. The van der Waals surface area contributed by atoms with Crippen LogP contribution in [0.15, 0.2) is 60.7 Å². The maximum absolute atomic E-state index is 10.6. The highest BCUT2D eigenvalue weighted by Crippen LogP contribution is 1.97. The minimum absolute atomic E-state index is 0. The molecule has 0 radical (unpaired) electrons. The Labute approximate surface area is 108 Å². The number of para-hydroxylation sites is 1. The molecule has 0 amide bonds. The van der Waals surface area contributed by atoms with Crippen LogP contribution in [-0.2, 0) is 0 Å². The van der Waals surface area contributed by atoms with E-state index in [-0.39, 0.29) is 18.2 Å². The van der Waals surface area contributed by atoms with Crippen molar-refractivity contribution in [2.45, 2.75) is 6.92 Å². The monoisotopic (exact) mass is 249 g/mol. The first-order valence-corrected chi connectivity index (χ1v) is 5.06. The Bertz CT molecular complexity index is 428. The summed E-state index contributed by atoms with van der Waals surface area (Å²) in [7, 11) is 0. The Balaban J connectivity index is 0.000000292. The molecule has 0 aliphatic rings. The lowest BCUT2D eigenvalue weighted by molar-refractivity contribution is 0.101. The molecule has 2 aromatic rings. The third-order valence-corrected chi connectivity index (χ3v) is 1.98. The summed E-state index contributed by atoms with van der Waals surface area (Å²) in [5, 5.41) is 0. The van der Waals surface area contributed by atoms with Crippen molar-refractivity contribution in [3.05, 3.63) is 66.2 Å². The fraction of sp³-hybridized carbons (Fsp3) is 0.0714. The molecular weight excluding hydrogens is 234 g/mol. The first-order chi connectivity index (χ1) is 7.70. The summed E-state index contributed by atoms with van der Waals surface area (Å²) in [5.41, 5.74) is 6.96. The number of hydrogen-bond acceptors (Lipinski definition) is 2. The molecular formula is C14H16ClNO. The molecule has 3 heteroatoms. The van der Waals surface area contributed by atoms with E-state index in [4.69, 9.17) is 5.73 Å². The molecule has 90 valence electrons. The van der Waals surface area contributed by atoms with E-state index in [1.165, 1.54) is 0 Å². The number of carbonyl (C=O) groups is 1. The van der Waals surface area contributed by atoms with Gasteiger partial charge in [-0.2, -0.15) is 0 Å². The third-order valence-electron chi connectivity index (χ3n) is 1.98. The molecule has 17 heavy (non-hydrogen) atoms. The van der Waals surface area contributed by atoms with Crippen LogP contribution in [-0.4, -0.2) is 5.78 Å². The highest BCUT2D eigenvalue weighted by molar-refractivity contribution is 5.93. The van der Waals surface area contributed by atoms with Gasteiger partial charge >= 0.3 is 0 Å². The minimum atomic E-state index is 0. The molecule has 0 fully saturated rings. The van der Waals surface area contributed by atoms with Gasteiger partial charge in [0.2, 0.25) is 0 Å². The largest absolute Gasteiger partial charge is 0.399 e. The fourth-order valence-electron chi connectivity index (χ4n) is 1.13. The van der Waals surface area contributed by atoms with Crippen molar-refractivity contribution in [1.82, 2.24) is 0 Å². The predicted molar refractivity (Wildman–Crippen MR) is 74.5 cm³/mol. The van der Waals surface area contributed by atoms with E-state index in [1.54, 1.807) is 6.92 Å². The SMILES string of the molecule is CC(=O)c1ccccc1.Cl.Nc1ccccc1. The van der Waals surface area contributed by atoms with Crippen LogP contribution in [0, 0.1) is 0 Å². The molecule has 0 unspecified atom stereocenters. The second-order valence-corrected chi connectivity index (χ2v) is 3.33. The number of benzene rings is 2. The molecule has 0 heterocycles. The van der Waals surface area contributed by atoms with Gasteiger partial charge < -0.3 is 5.73 Å². The quantitative estimate of drug-likeness (QED) is 0.620. The summed E-state index contributed by atoms with van der Waals surface area (Å²) in [5.74, 6) is 0.121. The van der Waals surface area contributed by atoms with Gasteiger partial charge in [0, 0.05) is 11.3 Å². The smallest absolute Gasteiger partial charge is 0.159 e. The normalized spacial score (nSPS) is 8.29. The number of carbonyl (C=O) groups excluding carboxylic acids is 1. The van der Waals surface area contributed by atoms with E-state index in [1.807, 2.05) is 60.7 Å². The molecule has 0 atom stereocenters. The maximum atomic E-state index is 10.6. The molecule has 2 nitrogen and oxygen atoms in total. The van der Waals surface area contributed by atoms with Crippen LogP contribution in [0.4, 0.5) is 5.69 Å². The number of anilines is 1. The number of nitrogens with two attached hydrogens (primary N) is 1. The summed E-state index contributed by atoms with van der Waals surface area (Å²) in [6, 6.07) is 18.7. The summed E-state index contributed by atoms with van der Waals surface area (Å²) in [4.78, 5) is 10.6. The molecule has 2 aromatic carbocycles. The first-order valence-electron chi connectivity index (χ1n) is 5.06. The number of rotatable bonds is 1. The lowest BCUT2D eigenvalue weighted by Gasteiger charge is -1.89. The van der Waals surface area contributed by atoms with Crippen molar-refractivity contribution in [2.24, 2.45) is 0 Å². The van der Waals surface area contributed by atoms with E-state index in [2.05, 4.69) is 0 Å². The number of nitrogen functional groups attached to an aromatic ring is 1. The van der Waals surface area contributed by atoms with E-state index >= 15 is 0 Å². The van der Waals surface area contributed by atoms with Gasteiger partial charge in [-0.1, -0.05) is 48.5 Å². The predicted octanol–water partition coefficient (Wildman–Crippen LogP) is 3.58. The van der Waals surface area contributed by atoms with E-state index in [0.717, 1.165) is 11.3 Å². The van der Waals surface area contributed by atoms with E-state index in [0.29, 0.717) is 0 Å². The molecule has 0 aliphatic heterocycles. The zero-order valence-electron chi connectivity index (χ0n) is 9.67. The molecule has 0 spiro atoms. The Morgan fingerprint density at radius 3 is 1.53 bits per heavy atom. The summed E-state index contributed by atoms with van der Waals surface area (Å²) < 4.78 is 0. The van der Waals surface area contributed by atoms with Crippen molar-refractivity contribution >= 4 is 23.9 Å². The van der Waals surface area contributed by atoms with Crippen molar-refractivity contribution in [3.63, 3.8) is 0 Å². The zero-order chi connectivity index (χ0) is 11.8. The van der Waals surface area contributed by atoms with Crippen molar-refractivity contribution in [2.75, 3.05) is 5.73 Å². The summed E-state index contributed by atoms with van der Waals surface area (Å²) in [6.45, 7) is 1.56.